The van der Waals surface area contributed by atoms with Gasteiger partial charge in [-0.2, -0.15) is 0 Å². The number of hydrogen-bond acceptors (Lipinski definition) is 4. The predicted octanol–water partition coefficient (Wildman–Crippen LogP) is 4.41. The molecule has 0 radical (unpaired) electrons. The van der Waals surface area contributed by atoms with E-state index in [0.29, 0.717) is 5.13 Å². The van der Waals surface area contributed by atoms with Crippen molar-refractivity contribution in [2.24, 2.45) is 0 Å². The van der Waals surface area contributed by atoms with Gasteiger partial charge in [0.15, 0.2) is 5.13 Å². The summed E-state index contributed by atoms with van der Waals surface area (Å²) in [6.07, 6.45) is 2.01. The molecule has 0 fully saturated rings. The monoisotopic (exact) mass is 318 g/mol. The van der Waals surface area contributed by atoms with Crippen LogP contribution in [0.3, 0.4) is 0 Å². The van der Waals surface area contributed by atoms with Crippen LogP contribution in [0.5, 0.6) is 0 Å². The predicted molar refractivity (Wildman–Crippen MR) is 85.8 cm³/mol. The van der Waals surface area contributed by atoms with Crippen LogP contribution < -0.4 is 5.32 Å². The van der Waals surface area contributed by atoms with Crippen LogP contribution >= 0.6 is 23.1 Å². The van der Waals surface area contributed by atoms with Crippen LogP contribution in [0.25, 0.3) is 10.2 Å². The zero-order chi connectivity index (χ0) is 14.8. The number of thiazole rings is 1. The molecule has 6 heteroatoms. The summed E-state index contributed by atoms with van der Waals surface area (Å²) >= 11 is 3.06. The van der Waals surface area contributed by atoms with Crippen molar-refractivity contribution < 1.29 is 9.18 Å². The Labute approximate surface area is 129 Å². The zero-order valence-corrected chi connectivity index (χ0v) is 12.7. The van der Waals surface area contributed by atoms with Gasteiger partial charge in [0.05, 0.1) is 10.2 Å². The summed E-state index contributed by atoms with van der Waals surface area (Å²) in [5.74, 6) is -0.796. The highest BCUT2D eigenvalue weighted by Gasteiger charge is 2.10. The second-order valence-electron chi connectivity index (χ2n) is 4.32. The SMILES string of the molecule is CSc1ccc2nc(NC(=O)c3cccc(F)c3)sc2c1. The number of anilines is 1. The van der Waals surface area contributed by atoms with E-state index in [1.54, 1.807) is 17.8 Å². The maximum absolute atomic E-state index is 13.1. The molecule has 21 heavy (non-hydrogen) atoms. The lowest BCUT2D eigenvalue weighted by Crippen LogP contribution is -2.11. The number of amides is 1. The first kappa shape index (κ1) is 14.0. The van der Waals surface area contributed by atoms with Crippen LogP contribution in [-0.2, 0) is 0 Å². The minimum absolute atomic E-state index is 0.277. The highest BCUT2D eigenvalue weighted by atomic mass is 32.2. The molecule has 0 aliphatic rings. The lowest BCUT2D eigenvalue weighted by molar-refractivity contribution is 0.102. The van der Waals surface area contributed by atoms with Crippen LogP contribution in [0, 0.1) is 5.82 Å². The molecule has 3 nitrogen and oxygen atoms in total. The molecule has 0 atom stereocenters. The lowest BCUT2D eigenvalue weighted by Gasteiger charge is -2.00. The summed E-state index contributed by atoms with van der Waals surface area (Å²) in [7, 11) is 0. The van der Waals surface area contributed by atoms with Gasteiger partial charge in [-0.05, 0) is 42.7 Å². The third kappa shape index (κ3) is 3.06. The van der Waals surface area contributed by atoms with E-state index in [-0.39, 0.29) is 11.5 Å². The fourth-order valence-electron chi connectivity index (χ4n) is 1.88. The molecule has 3 aromatic rings. The number of rotatable bonds is 3. The Hall–Kier alpha value is -1.92. The number of fused-ring (bicyclic) bond motifs is 1. The maximum atomic E-state index is 13.1. The summed E-state index contributed by atoms with van der Waals surface area (Å²) in [5, 5.41) is 3.22. The summed E-state index contributed by atoms with van der Waals surface area (Å²) in [6.45, 7) is 0. The van der Waals surface area contributed by atoms with Gasteiger partial charge in [0, 0.05) is 10.5 Å². The minimum atomic E-state index is -0.434. The molecule has 0 bridgehead atoms. The van der Waals surface area contributed by atoms with Gasteiger partial charge in [-0.15, -0.1) is 11.8 Å². The van der Waals surface area contributed by atoms with E-state index in [9.17, 15) is 9.18 Å². The van der Waals surface area contributed by atoms with Crippen LogP contribution in [-0.4, -0.2) is 17.1 Å². The van der Waals surface area contributed by atoms with E-state index < -0.39 is 5.82 Å². The number of halogens is 1. The van der Waals surface area contributed by atoms with Gasteiger partial charge in [0.1, 0.15) is 5.82 Å². The Morgan fingerprint density at radius 2 is 2.14 bits per heavy atom. The average molecular weight is 318 g/mol. The molecule has 0 saturated heterocycles. The van der Waals surface area contributed by atoms with E-state index in [1.165, 1.54) is 29.5 Å². The van der Waals surface area contributed by atoms with Crippen molar-refractivity contribution in [2.45, 2.75) is 4.90 Å². The second-order valence-corrected chi connectivity index (χ2v) is 6.23. The minimum Gasteiger partial charge on any atom is -0.298 e. The Bertz CT molecular complexity index is 816. The summed E-state index contributed by atoms with van der Waals surface area (Å²) in [5.41, 5.74) is 1.12. The van der Waals surface area contributed by atoms with Gasteiger partial charge in [-0.1, -0.05) is 17.4 Å². The van der Waals surface area contributed by atoms with Crippen molar-refractivity contribution in [1.29, 1.82) is 0 Å². The third-order valence-corrected chi connectivity index (χ3v) is 4.56. The number of hydrogen-bond donors (Lipinski definition) is 1. The molecular weight excluding hydrogens is 307 g/mol. The van der Waals surface area contributed by atoms with Gasteiger partial charge >= 0.3 is 0 Å². The standard InChI is InChI=1S/C15H11FN2OS2/c1-20-11-5-6-12-13(8-11)21-15(17-12)18-14(19)9-3-2-4-10(16)7-9/h2-8H,1H3,(H,17,18,19). The van der Waals surface area contributed by atoms with E-state index in [1.807, 2.05) is 24.5 Å². The van der Waals surface area contributed by atoms with Crippen molar-refractivity contribution in [3.63, 3.8) is 0 Å². The Balaban J connectivity index is 1.86. The van der Waals surface area contributed by atoms with E-state index in [2.05, 4.69) is 10.3 Å². The molecule has 1 heterocycles. The molecule has 0 aliphatic heterocycles. The number of thioether (sulfide) groups is 1. The van der Waals surface area contributed by atoms with Gasteiger partial charge in [-0.25, -0.2) is 9.37 Å². The molecule has 1 amide bonds. The van der Waals surface area contributed by atoms with Gasteiger partial charge in [0.2, 0.25) is 0 Å². The van der Waals surface area contributed by atoms with E-state index >= 15 is 0 Å². The highest BCUT2D eigenvalue weighted by molar-refractivity contribution is 7.98. The Kier molecular flexibility index (Phi) is 3.90. The molecule has 3 rings (SSSR count). The van der Waals surface area contributed by atoms with Crippen molar-refractivity contribution in [2.75, 3.05) is 11.6 Å². The average Bonchev–Trinajstić information content (AvgIpc) is 2.88. The van der Waals surface area contributed by atoms with E-state index in [0.717, 1.165) is 15.1 Å². The smallest absolute Gasteiger partial charge is 0.257 e. The van der Waals surface area contributed by atoms with Crippen molar-refractivity contribution in [1.82, 2.24) is 4.98 Å². The number of aromatic nitrogens is 1. The molecule has 0 aliphatic carbocycles. The molecule has 106 valence electrons. The molecule has 0 saturated carbocycles. The normalized spacial score (nSPS) is 10.8. The van der Waals surface area contributed by atoms with Gasteiger partial charge in [0.25, 0.3) is 5.91 Å². The zero-order valence-electron chi connectivity index (χ0n) is 11.1. The largest absolute Gasteiger partial charge is 0.298 e. The number of benzene rings is 2. The van der Waals surface area contributed by atoms with Crippen molar-refractivity contribution in [3.8, 4) is 0 Å². The number of nitrogens with zero attached hydrogens (tertiary/aromatic N) is 1. The summed E-state index contributed by atoms with van der Waals surface area (Å²) in [4.78, 5) is 17.6. The fourth-order valence-corrected chi connectivity index (χ4v) is 3.30. The molecule has 0 spiro atoms. The third-order valence-electron chi connectivity index (χ3n) is 2.90. The highest BCUT2D eigenvalue weighted by Crippen LogP contribution is 2.29. The fraction of sp³-hybridized carbons (Fsp3) is 0.0667. The topological polar surface area (TPSA) is 42.0 Å². The summed E-state index contributed by atoms with van der Waals surface area (Å²) in [6, 6.07) is 11.5. The van der Waals surface area contributed by atoms with Crippen LogP contribution in [0.1, 0.15) is 10.4 Å². The first-order valence-electron chi connectivity index (χ1n) is 6.17. The maximum Gasteiger partial charge on any atom is 0.257 e. The molecule has 1 N–H and O–H groups in total. The Morgan fingerprint density at radius 3 is 2.90 bits per heavy atom. The first-order valence-corrected chi connectivity index (χ1v) is 8.21. The van der Waals surface area contributed by atoms with Crippen LogP contribution in [0.4, 0.5) is 9.52 Å². The number of carbonyl (C=O) groups excluding carboxylic acids is 1. The molecule has 1 aromatic heterocycles. The van der Waals surface area contributed by atoms with Gasteiger partial charge < -0.3 is 0 Å². The van der Waals surface area contributed by atoms with Crippen LogP contribution in [0.2, 0.25) is 0 Å². The van der Waals surface area contributed by atoms with Gasteiger partial charge in [-0.3, -0.25) is 10.1 Å². The molecule has 2 aromatic carbocycles. The first-order chi connectivity index (χ1) is 10.2. The lowest BCUT2D eigenvalue weighted by atomic mass is 10.2. The van der Waals surface area contributed by atoms with Crippen molar-refractivity contribution in [3.05, 3.63) is 53.8 Å². The quantitative estimate of drug-likeness (QED) is 0.727. The molecular formula is C15H11FN2OS2. The second kappa shape index (κ2) is 5.83. The summed E-state index contributed by atoms with van der Waals surface area (Å²) < 4.78 is 14.1. The Morgan fingerprint density at radius 1 is 1.29 bits per heavy atom. The number of carbonyl (C=O) groups is 1. The van der Waals surface area contributed by atoms with Crippen LogP contribution in [0.15, 0.2) is 47.4 Å². The molecule has 0 unspecified atom stereocenters. The van der Waals surface area contributed by atoms with Crippen molar-refractivity contribution >= 4 is 44.4 Å². The number of nitrogens with one attached hydrogen (secondary N) is 1. The van der Waals surface area contributed by atoms with E-state index in [4.69, 9.17) is 0 Å².